The lowest BCUT2D eigenvalue weighted by atomic mass is 9.76. The van der Waals surface area contributed by atoms with Crippen LogP contribution in [0.4, 0.5) is 20.5 Å². The molecule has 0 spiro atoms. The Balaban J connectivity index is 1.55. The average molecular weight is 644 g/mol. The number of benzene rings is 3. The quantitative estimate of drug-likeness (QED) is 0.149. The SMILES string of the molecule is Cc1ccc(C(Nc2nc(N)nc3c2ncn3[C@@H]2O[C@H](CO)[C@@H](O)C2(F)F)(c2ccccc2)c2ccc(C(=O)NC(C)C)cc2)cc1. The van der Waals surface area contributed by atoms with Crippen LogP contribution in [0, 0.1) is 6.92 Å². The van der Waals surface area contributed by atoms with Gasteiger partial charge >= 0.3 is 5.92 Å². The van der Waals surface area contributed by atoms with Crippen LogP contribution in [0.3, 0.4) is 0 Å². The lowest BCUT2D eigenvalue weighted by Gasteiger charge is -2.37. The molecule has 11 nitrogen and oxygen atoms in total. The number of nitrogens with zero attached hydrogens (tertiary/aromatic N) is 4. The van der Waals surface area contributed by atoms with E-state index in [1.54, 1.807) is 12.1 Å². The summed E-state index contributed by atoms with van der Waals surface area (Å²) in [5.41, 5.74) is 8.91. The summed E-state index contributed by atoms with van der Waals surface area (Å²) >= 11 is 0. The van der Waals surface area contributed by atoms with Gasteiger partial charge < -0.3 is 31.3 Å². The second-order valence-electron chi connectivity index (χ2n) is 11.9. The van der Waals surface area contributed by atoms with Crippen molar-refractivity contribution in [2.45, 2.75) is 56.7 Å². The molecule has 47 heavy (non-hydrogen) atoms. The van der Waals surface area contributed by atoms with Gasteiger partial charge in [0, 0.05) is 11.6 Å². The number of fused-ring (bicyclic) bond motifs is 1. The second-order valence-corrected chi connectivity index (χ2v) is 11.9. The number of aliphatic hydroxyl groups is 2. The van der Waals surface area contributed by atoms with Crippen molar-refractivity contribution in [2.24, 2.45) is 0 Å². The molecule has 244 valence electrons. The first-order valence-electron chi connectivity index (χ1n) is 15.1. The van der Waals surface area contributed by atoms with E-state index in [1.165, 1.54) is 0 Å². The van der Waals surface area contributed by atoms with Crippen LogP contribution >= 0.6 is 0 Å². The molecule has 0 bridgehead atoms. The summed E-state index contributed by atoms with van der Waals surface area (Å²) in [4.78, 5) is 25.9. The third-order valence-corrected chi connectivity index (χ3v) is 8.25. The normalized spacial score (nSPS) is 20.3. The van der Waals surface area contributed by atoms with Gasteiger partial charge in [-0.3, -0.25) is 9.36 Å². The van der Waals surface area contributed by atoms with E-state index in [0.717, 1.165) is 33.1 Å². The number of nitrogens with one attached hydrogen (secondary N) is 2. The monoisotopic (exact) mass is 643 g/mol. The number of nitrogens with two attached hydrogens (primary N) is 1. The third kappa shape index (κ3) is 5.66. The number of rotatable bonds is 9. The Morgan fingerprint density at radius 3 is 2.23 bits per heavy atom. The van der Waals surface area contributed by atoms with Gasteiger partial charge in [-0.1, -0.05) is 72.3 Å². The highest BCUT2D eigenvalue weighted by molar-refractivity contribution is 5.94. The first-order chi connectivity index (χ1) is 22.4. The number of alkyl halides is 2. The van der Waals surface area contributed by atoms with Crippen molar-refractivity contribution in [3.8, 4) is 0 Å². The molecule has 4 atom stereocenters. The average Bonchev–Trinajstić information content (AvgIpc) is 3.57. The summed E-state index contributed by atoms with van der Waals surface area (Å²) in [6.07, 6.45) is -4.65. The van der Waals surface area contributed by atoms with E-state index in [9.17, 15) is 15.0 Å². The number of aryl methyl sites for hydroxylation is 1. The maximum atomic E-state index is 15.2. The van der Waals surface area contributed by atoms with Crippen LogP contribution in [-0.4, -0.2) is 66.4 Å². The largest absolute Gasteiger partial charge is 0.394 e. The van der Waals surface area contributed by atoms with Crippen LogP contribution in [0.5, 0.6) is 0 Å². The maximum Gasteiger partial charge on any atom is 0.320 e. The molecule has 1 unspecified atom stereocenters. The van der Waals surface area contributed by atoms with Crippen LogP contribution in [0.1, 0.15) is 52.7 Å². The molecule has 0 saturated carbocycles. The van der Waals surface area contributed by atoms with Crippen molar-refractivity contribution in [1.82, 2.24) is 24.8 Å². The number of hydrogen-bond donors (Lipinski definition) is 5. The predicted octanol–water partition coefficient (Wildman–Crippen LogP) is 4.15. The summed E-state index contributed by atoms with van der Waals surface area (Å²) in [6, 6.07) is 24.6. The van der Waals surface area contributed by atoms with Gasteiger partial charge in [-0.2, -0.15) is 18.7 Å². The van der Waals surface area contributed by atoms with E-state index in [-0.39, 0.29) is 34.9 Å². The molecule has 1 fully saturated rings. The maximum absolute atomic E-state index is 15.2. The first-order valence-corrected chi connectivity index (χ1v) is 15.1. The molecule has 1 saturated heterocycles. The van der Waals surface area contributed by atoms with E-state index in [0.29, 0.717) is 5.56 Å². The van der Waals surface area contributed by atoms with Crippen molar-refractivity contribution < 1.29 is 28.5 Å². The zero-order valence-electron chi connectivity index (χ0n) is 25.9. The fourth-order valence-corrected chi connectivity index (χ4v) is 5.91. The van der Waals surface area contributed by atoms with Crippen LogP contribution in [0.2, 0.25) is 0 Å². The lowest BCUT2D eigenvalue weighted by Crippen LogP contribution is -2.39. The smallest absolute Gasteiger partial charge is 0.320 e. The zero-order chi connectivity index (χ0) is 33.5. The van der Waals surface area contributed by atoms with Crippen LogP contribution in [0.15, 0.2) is 85.2 Å². The number of halogens is 2. The number of imidazole rings is 1. The van der Waals surface area contributed by atoms with Crippen molar-refractivity contribution in [3.63, 3.8) is 0 Å². The van der Waals surface area contributed by atoms with E-state index >= 15 is 8.78 Å². The molecule has 5 aromatic rings. The Hall–Kier alpha value is -4.98. The number of aliphatic hydroxyl groups excluding tert-OH is 2. The van der Waals surface area contributed by atoms with Crippen LogP contribution < -0.4 is 16.4 Å². The molecule has 3 heterocycles. The number of ether oxygens (including phenoxy) is 1. The number of hydrogen-bond acceptors (Lipinski definition) is 9. The van der Waals surface area contributed by atoms with Gasteiger partial charge in [0.1, 0.15) is 11.6 Å². The van der Waals surface area contributed by atoms with Gasteiger partial charge in [-0.05, 0) is 49.6 Å². The Labute approximate surface area is 269 Å². The molecule has 6 rings (SSSR count). The minimum Gasteiger partial charge on any atom is -0.394 e. The summed E-state index contributed by atoms with van der Waals surface area (Å²) in [7, 11) is 0. The van der Waals surface area contributed by atoms with Gasteiger partial charge in [0.15, 0.2) is 23.1 Å². The predicted molar refractivity (Wildman–Crippen MR) is 172 cm³/mol. The standard InChI is InChI=1S/C34H35F2N7O4/c1-19(2)39-30(46)21-11-15-24(16-12-21)33(22-7-5-4-6-8-22,23-13-9-20(3)10-14-23)42-28-26-29(41-32(37)40-28)43(18-38-26)31-34(35,36)27(45)25(17-44)47-31/h4-16,18-19,25,27,31,44-45H,17H2,1-3H3,(H,39,46)(H3,37,40,41,42)/t25-,27-,31-,33?/m1/s1. The zero-order valence-corrected chi connectivity index (χ0v) is 25.9. The lowest BCUT2D eigenvalue weighted by molar-refractivity contribution is -0.138. The van der Waals surface area contributed by atoms with E-state index < -0.39 is 36.5 Å². The van der Waals surface area contributed by atoms with Crippen molar-refractivity contribution in [1.29, 1.82) is 0 Å². The summed E-state index contributed by atoms with van der Waals surface area (Å²) in [5.74, 6) is -4.07. The molecule has 13 heteroatoms. The molecule has 1 aliphatic rings. The summed E-state index contributed by atoms with van der Waals surface area (Å²) in [5, 5.41) is 26.1. The Bertz CT molecular complexity index is 1890. The third-order valence-electron chi connectivity index (χ3n) is 8.25. The topological polar surface area (TPSA) is 160 Å². The number of carbonyl (C=O) groups excluding carboxylic acids is 1. The van der Waals surface area contributed by atoms with E-state index in [2.05, 4.69) is 25.6 Å². The van der Waals surface area contributed by atoms with Gasteiger partial charge in [-0.25, -0.2) is 4.98 Å². The molecule has 1 aliphatic heterocycles. The minimum absolute atomic E-state index is 0.0439. The Morgan fingerprint density at radius 2 is 1.64 bits per heavy atom. The Kier molecular flexibility index (Phi) is 8.38. The van der Waals surface area contributed by atoms with Crippen molar-refractivity contribution in [3.05, 3.63) is 113 Å². The highest BCUT2D eigenvalue weighted by Crippen LogP contribution is 2.45. The summed E-state index contributed by atoms with van der Waals surface area (Å²) < 4.78 is 36.8. The summed E-state index contributed by atoms with van der Waals surface area (Å²) in [6.45, 7) is 4.94. The number of anilines is 2. The van der Waals surface area contributed by atoms with E-state index in [4.69, 9.17) is 10.5 Å². The number of nitrogen functional groups attached to an aromatic ring is 1. The minimum atomic E-state index is -3.77. The van der Waals surface area contributed by atoms with Crippen LogP contribution in [0.25, 0.3) is 11.2 Å². The molecule has 2 aromatic heterocycles. The van der Waals surface area contributed by atoms with Crippen molar-refractivity contribution >= 4 is 28.8 Å². The highest BCUT2D eigenvalue weighted by Gasteiger charge is 2.59. The second kappa shape index (κ2) is 12.3. The van der Waals surface area contributed by atoms with Crippen molar-refractivity contribution in [2.75, 3.05) is 17.7 Å². The van der Waals surface area contributed by atoms with Gasteiger partial charge in [-0.15, -0.1) is 0 Å². The molecule has 0 radical (unpaired) electrons. The fourth-order valence-electron chi connectivity index (χ4n) is 5.91. The molecule has 1 amide bonds. The number of amides is 1. The van der Waals surface area contributed by atoms with Gasteiger partial charge in [0.25, 0.3) is 5.91 Å². The molecule has 3 aromatic carbocycles. The fraction of sp³-hybridized carbons (Fsp3) is 0.294. The highest BCUT2D eigenvalue weighted by atomic mass is 19.3. The molecule has 0 aliphatic carbocycles. The first kappa shape index (κ1) is 32.0. The van der Waals surface area contributed by atoms with Crippen LogP contribution in [-0.2, 0) is 10.3 Å². The van der Waals surface area contributed by atoms with E-state index in [1.807, 2.05) is 87.5 Å². The van der Waals surface area contributed by atoms with Gasteiger partial charge in [0.2, 0.25) is 12.2 Å². The molecule has 6 N–H and O–H groups in total. The number of carbonyl (C=O) groups is 1. The van der Waals surface area contributed by atoms with Gasteiger partial charge in [0.05, 0.1) is 12.9 Å². The molecular formula is C34H35F2N7O4. The Morgan fingerprint density at radius 1 is 1.02 bits per heavy atom. The molecular weight excluding hydrogens is 608 g/mol. The number of aromatic nitrogens is 4.